The van der Waals surface area contributed by atoms with Crippen molar-refractivity contribution in [2.75, 3.05) is 16.8 Å². The van der Waals surface area contributed by atoms with Gasteiger partial charge in [-0.25, -0.2) is 4.98 Å². The molecule has 0 unspecified atom stereocenters. The number of anilines is 1. The number of hydrogen-bond donors (Lipinski definition) is 1. The van der Waals surface area contributed by atoms with E-state index in [4.69, 9.17) is 0 Å². The number of aromatic nitrogens is 1. The van der Waals surface area contributed by atoms with Gasteiger partial charge in [-0.05, 0) is 59.9 Å². The molecule has 0 saturated carbocycles. The van der Waals surface area contributed by atoms with Gasteiger partial charge in [-0.2, -0.15) is 0 Å². The number of rotatable bonds is 4. The van der Waals surface area contributed by atoms with Gasteiger partial charge in [0.2, 0.25) is 0 Å². The van der Waals surface area contributed by atoms with Crippen molar-refractivity contribution in [3.63, 3.8) is 0 Å². The molecule has 0 atom stereocenters. The molecule has 0 radical (unpaired) electrons. The molecule has 3 aromatic rings. The predicted octanol–water partition coefficient (Wildman–Crippen LogP) is 5.93. The molecule has 1 N–H and O–H groups in total. The molecular weight excluding hydrogens is 380 g/mol. The maximum Gasteiger partial charge on any atom is 0.255 e. The van der Waals surface area contributed by atoms with Gasteiger partial charge in [0.15, 0.2) is 0 Å². The molecule has 1 amide bonds. The molecule has 0 aliphatic carbocycles. The fraction of sp³-hybridized carbons (Fsp3) is 0.200. The van der Waals surface area contributed by atoms with Crippen LogP contribution in [0.2, 0.25) is 0 Å². The highest BCUT2D eigenvalue weighted by Gasteiger charge is 2.17. The summed E-state index contributed by atoms with van der Waals surface area (Å²) in [5.74, 6) is 2.36. The van der Waals surface area contributed by atoms with E-state index in [9.17, 15) is 4.79 Å². The van der Waals surface area contributed by atoms with E-state index in [0.717, 1.165) is 16.3 Å². The Hall–Kier alpha value is -1.76. The first kappa shape index (κ1) is 17.6. The second-order valence-electron chi connectivity index (χ2n) is 5.92. The van der Waals surface area contributed by atoms with Gasteiger partial charge < -0.3 is 5.32 Å². The van der Waals surface area contributed by atoms with Crippen LogP contribution in [0.5, 0.6) is 0 Å². The van der Waals surface area contributed by atoms with Gasteiger partial charge in [0.25, 0.3) is 5.91 Å². The van der Waals surface area contributed by atoms with E-state index in [0.29, 0.717) is 10.1 Å². The molecule has 1 aromatic heterocycles. The van der Waals surface area contributed by atoms with Crippen LogP contribution < -0.4 is 5.32 Å². The van der Waals surface area contributed by atoms with Crippen LogP contribution in [-0.4, -0.2) is 22.4 Å². The lowest BCUT2D eigenvalue weighted by molar-refractivity contribution is 0.102. The third-order valence-corrected chi connectivity index (χ3v) is 7.93. The van der Waals surface area contributed by atoms with Crippen molar-refractivity contribution in [2.45, 2.75) is 11.0 Å². The first-order chi connectivity index (χ1) is 12.8. The maximum absolute atomic E-state index is 12.5. The number of carbonyl (C=O) groups excluding carboxylic acids is 1. The second kappa shape index (κ2) is 8.29. The maximum atomic E-state index is 12.5. The van der Waals surface area contributed by atoms with Crippen LogP contribution in [0.15, 0.2) is 60.1 Å². The summed E-state index contributed by atoms with van der Waals surface area (Å²) in [7, 11) is 0. The Morgan fingerprint density at radius 2 is 1.73 bits per heavy atom. The number of benzene rings is 2. The summed E-state index contributed by atoms with van der Waals surface area (Å²) in [5.41, 5.74) is 3.83. The van der Waals surface area contributed by atoms with Crippen molar-refractivity contribution in [2.24, 2.45) is 0 Å². The highest BCUT2D eigenvalue weighted by molar-refractivity contribution is 8.16. The number of nitrogens with zero attached hydrogens (tertiary/aromatic N) is 1. The van der Waals surface area contributed by atoms with Crippen molar-refractivity contribution in [1.82, 2.24) is 4.98 Å². The number of amides is 1. The summed E-state index contributed by atoms with van der Waals surface area (Å²) in [6.45, 7) is 0. The minimum Gasteiger partial charge on any atom is -0.322 e. The monoisotopic (exact) mass is 398 g/mol. The summed E-state index contributed by atoms with van der Waals surface area (Å²) in [6, 6.07) is 15.8. The third-order valence-electron chi connectivity index (χ3n) is 4.09. The molecule has 3 nitrogen and oxygen atoms in total. The smallest absolute Gasteiger partial charge is 0.255 e. The number of nitrogens with one attached hydrogen (secondary N) is 1. The average Bonchev–Trinajstić information content (AvgIpc) is 3.24. The number of carbonyl (C=O) groups is 1. The zero-order valence-corrected chi connectivity index (χ0v) is 16.5. The zero-order valence-electron chi connectivity index (χ0n) is 14.1. The molecule has 2 aromatic carbocycles. The van der Waals surface area contributed by atoms with Crippen molar-refractivity contribution in [1.29, 1.82) is 0 Å². The average molecular weight is 399 g/mol. The van der Waals surface area contributed by atoms with E-state index < -0.39 is 0 Å². The highest BCUT2D eigenvalue weighted by Crippen LogP contribution is 2.43. The van der Waals surface area contributed by atoms with E-state index in [-0.39, 0.29) is 5.91 Å². The van der Waals surface area contributed by atoms with Gasteiger partial charge in [-0.1, -0.05) is 12.1 Å². The Morgan fingerprint density at radius 1 is 1.00 bits per heavy atom. The molecule has 1 fully saturated rings. The zero-order chi connectivity index (χ0) is 17.8. The van der Waals surface area contributed by atoms with Crippen molar-refractivity contribution < 1.29 is 4.79 Å². The number of thiazole rings is 1. The van der Waals surface area contributed by atoms with Gasteiger partial charge in [0.1, 0.15) is 5.01 Å². The summed E-state index contributed by atoms with van der Waals surface area (Å²) in [4.78, 5) is 16.8. The standard InChI is InChI=1S/C20H18N2OS3/c23-18(14-2-4-16(5-3-14)20-25-11-1-12-26-20)22-17-8-6-15(7-9-17)19-21-10-13-24-19/h2-10,13,20H,1,11-12H2,(H,22,23). The highest BCUT2D eigenvalue weighted by atomic mass is 32.2. The Labute approximate surface area is 165 Å². The van der Waals surface area contributed by atoms with Gasteiger partial charge in [0.05, 0.1) is 4.58 Å². The minimum absolute atomic E-state index is 0.0810. The van der Waals surface area contributed by atoms with E-state index in [1.807, 2.05) is 65.3 Å². The quantitative estimate of drug-likeness (QED) is 0.591. The first-order valence-electron chi connectivity index (χ1n) is 8.44. The first-order valence-corrected chi connectivity index (χ1v) is 11.4. The predicted molar refractivity (Wildman–Crippen MR) is 114 cm³/mol. The van der Waals surface area contributed by atoms with Crippen LogP contribution in [0.25, 0.3) is 10.6 Å². The van der Waals surface area contributed by atoms with E-state index in [1.165, 1.54) is 23.5 Å². The van der Waals surface area contributed by atoms with Crippen LogP contribution in [-0.2, 0) is 0 Å². The van der Waals surface area contributed by atoms with Gasteiger partial charge in [-0.15, -0.1) is 34.9 Å². The molecule has 26 heavy (non-hydrogen) atoms. The van der Waals surface area contributed by atoms with Crippen LogP contribution >= 0.6 is 34.9 Å². The lowest BCUT2D eigenvalue weighted by Crippen LogP contribution is -2.12. The van der Waals surface area contributed by atoms with Crippen LogP contribution in [0.3, 0.4) is 0 Å². The van der Waals surface area contributed by atoms with Gasteiger partial charge in [-0.3, -0.25) is 4.79 Å². The Morgan fingerprint density at radius 3 is 2.38 bits per heavy atom. The van der Waals surface area contributed by atoms with E-state index >= 15 is 0 Å². The Kier molecular flexibility index (Phi) is 5.62. The van der Waals surface area contributed by atoms with Gasteiger partial charge in [0, 0.05) is 28.4 Å². The van der Waals surface area contributed by atoms with Crippen LogP contribution in [0.4, 0.5) is 5.69 Å². The van der Waals surface area contributed by atoms with Crippen molar-refractivity contribution in [3.8, 4) is 10.6 Å². The molecule has 4 rings (SSSR count). The molecule has 0 bridgehead atoms. The summed E-state index contributed by atoms with van der Waals surface area (Å²) < 4.78 is 0.499. The summed E-state index contributed by atoms with van der Waals surface area (Å²) in [5, 5.41) is 5.90. The van der Waals surface area contributed by atoms with E-state index in [1.54, 1.807) is 17.5 Å². The normalized spacial score (nSPS) is 14.9. The molecule has 132 valence electrons. The topological polar surface area (TPSA) is 42.0 Å². The van der Waals surface area contributed by atoms with Crippen molar-refractivity contribution in [3.05, 3.63) is 71.2 Å². The summed E-state index contributed by atoms with van der Waals surface area (Å²) in [6.07, 6.45) is 3.08. The number of hydrogen-bond acceptors (Lipinski definition) is 5. The fourth-order valence-electron chi connectivity index (χ4n) is 2.74. The lowest BCUT2D eigenvalue weighted by Gasteiger charge is -2.21. The molecule has 6 heteroatoms. The molecule has 1 saturated heterocycles. The SMILES string of the molecule is O=C(Nc1ccc(-c2nccs2)cc1)c1ccc(C2SCCCS2)cc1. The Bertz CT molecular complexity index is 855. The number of thioether (sulfide) groups is 2. The largest absolute Gasteiger partial charge is 0.322 e. The van der Waals surface area contributed by atoms with Crippen LogP contribution in [0, 0.1) is 0 Å². The molecule has 1 aliphatic heterocycles. The third kappa shape index (κ3) is 4.14. The van der Waals surface area contributed by atoms with Crippen LogP contribution in [0.1, 0.15) is 26.9 Å². The Balaban J connectivity index is 1.41. The van der Waals surface area contributed by atoms with Gasteiger partial charge >= 0.3 is 0 Å². The summed E-state index contributed by atoms with van der Waals surface area (Å²) >= 11 is 5.59. The molecule has 1 aliphatic rings. The molecule has 2 heterocycles. The van der Waals surface area contributed by atoms with Crippen molar-refractivity contribution >= 4 is 46.5 Å². The molecule has 0 spiro atoms. The second-order valence-corrected chi connectivity index (χ2v) is 9.54. The van der Waals surface area contributed by atoms with E-state index in [2.05, 4.69) is 22.4 Å². The molecular formula is C20H18N2OS3. The fourth-order valence-corrected chi connectivity index (χ4v) is 6.28. The lowest BCUT2D eigenvalue weighted by atomic mass is 10.1. The minimum atomic E-state index is -0.0810.